The second-order valence-electron chi connectivity index (χ2n) is 4.35. The molecule has 0 spiro atoms. The van der Waals surface area contributed by atoms with Crippen LogP contribution in [-0.2, 0) is 6.61 Å². The highest BCUT2D eigenvalue weighted by atomic mass is 79.9. The number of carboxylic acid groups (broad SMARTS) is 1. The fourth-order valence-corrected chi connectivity index (χ4v) is 2.37. The van der Waals surface area contributed by atoms with Gasteiger partial charge in [0, 0.05) is 10.0 Å². The van der Waals surface area contributed by atoms with Crippen LogP contribution in [-0.4, -0.2) is 18.2 Å². The van der Waals surface area contributed by atoms with Crippen LogP contribution < -0.4 is 9.47 Å². The molecule has 0 fully saturated rings. The zero-order chi connectivity index (χ0) is 16.1. The Labute approximate surface area is 135 Å². The van der Waals surface area contributed by atoms with Gasteiger partial charge in [-0.25, -0.2) is 4.79 Å². The number of halogens is 1. The maximum atomic E-state index is 11.1. The summed E-state index contributed by atoms with van der Waals surface area (Å²) in [5.74, 6) is -0.353. The van der Waals surface area contributed by atoms with E-state index in [0.717, 1.165) is 5.56 Å². The van der Waals surface area contributed by atoms with E-state index in [-0.39, 0.29) is 12.2 Å². The van der Waals surface area contributed by atoms with Crippen molar-refractivity contribution in [1.29, 1.82) is 5.26 Å². The van der Waals surface area contributed by atoms with Crippen molar-refractivity contribution in [3.05, 3.63) is 57.6 Å². The van der Waals surface area contributed by atoms with E-state index < -0.39 is 5.97 Å². The summed E-state index contributed by atoms with van der Waals surface area (Å²) in [7, 11) is 1.44. The fraction of sp³-hybridized carbons (Fsp3) is 0.125. The number of nitriles is 1. The predicted octanol–water partition coefficient (Wildman–Crippen LogP) is 3.61. The lowest BCUT2D eigenvalue weighted by atomic mass is 10.1. The van der Waals surface area contributed by atoms with Crippen molar-refractivity contribution in [2.45, 2.75) is 6.61 Å². The first kappa shape index (κ1) is 15.9. The van der Waals surface area contributed by atoms with Crippen LogP contribution in [0.25, 0.3) is 0 Å². The van der Waals surface area contributed by atoms with Crippen LogP contribution >= 0.6 is 15.9 Å². The first-order valence-electron chi connectivity index (χ1n) is 6.28. The molecule has 0 atom stereocenters. The zero-order valence-corrected chi connectivity index (χ0v) is 13.3. The van der Waals surface area contributed by atoms with Crippen molar-refractivity contribution >= 4 is 21.9 Å². The van der Waals surface area contributed by atoms with Gasteiger partial charge in [-0.2, -0.15) is 5.26 Å². The predicted molar refractivity (Wildman–Crippen MR) is 83.1 cm³/mol. The molecule has 0 radical (unpaired) electrons. The van der Waals surface area contributed by atoms with Gasteiger partial charge in [-0.15, -0.1) is 0 Å². The minimum absolute atomic E-state index is 0.0848. The minimum atomic E-state index is -1.06. The van der Waals surface area contributed by atoms with E-state index >= 15 is 0 Å². The van der Waals surface area contributed by atoms with Gasteiger partial charge in [-0.1, -0.05) is 18.2 Å². The van der Waals surface area contributed by atoms with Gasteiger partial charge >= 0.3 is 5.97 Å². The van der Waals surface area contributed by atoms with Crippen molar-refractivity contribution in [1.82, 2.24) is 0 Å². The third-order valence-corrected chi connectivity index (χ3v) is 3.66. The number of hydrogen-bond donors (Lipinski definition) is 1. The molecule has 0 unspecified atom stereocenters. The molecule has 6 heteroatoms. The molecular weight excluding hydrogens is 350 g/mol. The van der Waals surface area contributed by atoms with E-state index in [4.69, 9.17) is 19.8 Å². The Morgan fingerprint density at radius 2 is 2.05 bits per heavy atom. The number of rotatable bonds is 5. The van der Waals surface area contributed by atoms with E-state index in [0.29, 0.717) is 21.5 Å². The first-order chi connectivity index (χ1) is 10.6. The number of benzene rings is 2. The Balaban J connectivity index is 2.28. The van der Waals surface area contributed by atoms with Crippen molar-refractivity contribution in [3.63, 3.8) is 0 Å². The first-order valence-corrected chi connectivity index (χ1v) is 7.07. The Morgan fingerprint density at radius 3 is 2.68 bits per heavy atom. The van der Waals surface area contributed by atoms with Crippen LogP contribution in [0.1, 0.15) is 21.5 Å². The van der Waals surface area contributed by atoms with Gasteiger partial charge < -0.3 is 14.6 Å². The SMILES string of the molecule is COc1cc(C(=O)O)c(Br)cc1OCc1ccccc1C#N. The number of nitrogens with zero attached hydrogens (tertiary/aromatic N) is 1. The molecule has 0 amide bonds. The molecule has 0 heterocycles. The monoisotopic (exact) mass is 361 g/mol. The molecule has 0 saturated carbocycles. The van der Waals surface area contributed by atoms with Crippen molar-refractivity contribution in [2.75, 3.05) is 7.11 Å². The van der Waals surface area contributed by atoms with Gasteiger partial charge in [-0.05, 0) is 34.1 Å². The van der Waals surface area contributed by atoms with E-state index in [9.17, 15) is 4.79 Å². The normalized spacial score (nSPS) is 9.86. The van der Waals surface area contributed by atoms with Gasteiger partial charge in [0.2, 0.25) is 0 Å². The highest BCUT2D eigenvalue weighted by Gasteiger charge is 2.15. The second kappa shape index (κ2) is 6.96. The lowest BCUT2D eigenvalue weighted by Gasteiger charge is -2.13. The van der Waals surface area contributed by atoms with Crippen molar-refractivity contribution in [2.24, 2.45) is 0 Å². The molecule has 0 aliphatic carbocycles. The summed E-state index contributed by atoms with van der Waals surface area (Å²) in [5, 5.41) is 18.1. The molecule has 0 aliphatic rings. The number of carboxylic acids is 1. The summed E-state index contributed by atoms with van der Waals surface area (Å²) >= 11 is 3.20. The van der Waals surface area contributed by atoms with E-state index in [2.05, 4.69) is 22.0 Å². The number of methoxy groups -OCH3 is 1. The van der Waals surface area contributed by atoms with Crippen LogP contribution in [0, 0.1) is 11.3 Å². The zero-order valence-electron chi connectivity index (χ0n) is 11.7. The summed E-state index contributed by atoms with van der Waals surface area (Å²) in [6.45, 7) is 0.180. The van der Waals surface area contributed by atoms with Gasteiger partial charge in [0.15, 0.2) is 11.5 Å². The smallest absolute Gasteiger partial charge is 0.336 e. The molecule has 0 aliphatic heterocycles. The summed E-state index contributed by atoms with van der Waals surface area (Å²) < 4.78 is 11.2. The molecule has 0 aromatic heterocycles. The number of aromatic carboxylic acids is 1. The topological polar surface area (TPSA) is 79.6 Å². The molecule has 2 aromatic carbocycles. The molecule has 0 saturated heterocycles. The third kappa shape index (κ3) is 3.38. The quantitative estimate of drug-likeness (QED) is 0.879. The maximum Gasteiger partial charge on any atom is 0.336 e. The summed E-state index contributed by atoms with van der Waals surface area (Å²) in [4.78, 5) is 11.1. The van der Waals surface area contributed by atoms with Crippen LogP contribution in [0.15, 0.2) is 40.9 Å². The minimum Gasteiger partial charge on any atom is -0.493 e. The summed E-state index contributed by atoms with van der Waals surface area (Å²) in [5.41, 5.74) is 1.36. The molecule has 22 heavy (non-hydrogen) atoms. The lowest BCUT2D eigenvalue weighted by Crippen LogP contribution is -2.03. The molecule has 2 rings (SSSR count). The third-order valence-electron chi connectivity index (χ3n) is 3.00. The maximum absolute atomic E-state index is 11.1. The summed E-state index contributed by atoms with van der Waals surface area (Å²) in [6, 6.07) is 12.1. The Hall–Kier alpha value is -2.52. The highest BCUT2D eigenvalue weighted by molar-refractivity contribution is 9.10. The summed E-state index contributed by atoms with van der Waals surface area (Å²) in [6.07, 6.45) is 0. The van der Waals surface area contributed by atoms with Gasteiger partial charge in [0.25, 0.3) is 0 Å². The van der Waals surface area contributed by atoms with E-state index in [1.54, 1.807) is 18.2 Å². The number of hydrogen-bond acceptors (Lipinski definition) is 4. The molecule has 0 bridgehead atoms. The van der Waals surface area contributed by atoms with Gasteiger partial charge in [0.1, 0.15) is 6.61 Å². The Morgan fingerprint density at radius 1 is 1.32 bits per heavy atom. The van der Waals surface area contributed by atoms with Gasteiger partial charge in [-0.3, -0.25) is 0 Å². The van der Waals surface area contributed by atoms with Crippen molar-refractivity contribution in [3.8, 4) is 17.6 Å². The van der Waals surface area contributed by atoms with Gasteiger partial charge in [0.05, 0.1) is 24.3 Å². The largest absolute Gasteiger partial charge is 0.493 e. The van der Waals surface area contributed by atoms with E-state index in [1.807, 2.05) is 6.07 Å². The number of ether oxygens (including phenoxy) is 2. The standard InChI is InChI=1S/C16H12BrNO4/c1-21-14-6-12(16(19)20)13(17)7-15(14)22-9-11-5-3-2-4-10(11)8-18/h2-7H,9H2,1H3,(H,19,20). The van der Waals surface area contributed by atoms with Crippen LogP contribution in [0.5, 0.6) is 11.5 Å². The second-order valence-corrected chi connectivity index (χ2v) is 5.20. The average Bonchev–Trinajstić information content (AvgIpc) is 2.52. The molecule has 1 N–H and O–H groups in total. The lowest BCUT2D eigenvalue weighted by molar-refractivity contribution is 0.0695. The highest BCUT2D eigenvalue weighted by Crippen LogP contribution is 2.34. The Bertz CT molecular complexity index is 752. The average molecular weight is 362 g/mol. The van der Waals surface area contributed by atoms with Crippen LogP contribution in [0.4, 0.5) is 0 Å². The molecule has 5 nitrogen and oxygen atoms in total. The van der Waals surface area contributed by atoms with Crippen LogP contribution in [0.2, 0.25) is 0 Å². The molecular formula is C16H12BrNO4. The fourth-order valence-electron chi connectivity index (χ4n) is 1.88. The number of carbonyl (C=O) groups is 1. The molecule has 112 valence electrons. The Kier molecular flexibility index (Phi) is 5.02. The van der Waals surface area contributed by atoms with E-state index in [1.165, 1.54) is 19.2 Å². The van der Waals surface area contributed by atoms with Crippen LogP contribution in [0.3, 0.4) is 0 Å². The molecule has 2 aromatic rings. The van der Waals surface area contributed by atoms with Crippen molar-refractivity contribution < 1.29 is 19.4 Å².